The molecule has 0 spiro atoms. The van der Waals surface area contributed by atoms with E-state index in [9.17, 15) is 4.79 Å². The summed E-state index contributed by atoms with van der Waals surface area (Å²) >= 11 is 5.98. The first-order valence-corrected chi connectivity index (χ1v) is 8.34. The van der Waals surface area contributed by atoms with E-state index in [1.807, 2.05) is 16.5 Å². The molecule has 0 atom stereocenters. The molecule has 0 bridgehead atoms. The first-order valence-electron chi connectivity index (χ1n) is 7.96. The maximum absolute atomic E-state index is 12.6. The lowest BCUT2D eigenvalue weighted by Crippen LogP contribution is -2.44. The summed E-state index contributed by atoms with van der Waals surface area (Å²) in [6.07, 6.45) is 3.93. The van der Waals surface area contributed by atoms with Crippen LogP contribution in [0.15, 0.2) is 12.3 Å². The molecular formula is C17H28ClN3O. The summed E-state index contributed by atoms with van der Waals surface area (Å²) in [5.74, 6) is 0.759. The Labute approximate surface area is 139 Å². The zero-order valence-corrected chi connectivity index (χ0v) is 15.2. The van der Waals surface area contributed by atoms with E-state index < -0.39 is 0 Å². The van der Waals surface area contributed by atoms with E-state index in [4.69, 9.17) is 11.6 Å². The van der Waals surface area contributed by atoms with E-state index in [0.29, 0.717) is 16.6 Å². The third-order valence-corrected chi connectivity index (χ3v) is 5.01. The van der Waals surface area contributed by atoms with Crippen LogP contribution in [0.3, 0.4) is 0 Å². The Balaban J connectivity index is 1.97. The Hall–Kier alpha value is -1.00. The number of rotatable bonds is 4. The molecule has 1 aliphatic rings. The predicted octanol–water partition coefficient (Wildman–Crippen LogP) is 3.12. The van der Waals surface area contributed by atoms with Crippen molar-refractivity contribution in [1.82, 2.24) is 14.4 Å². The smallest absolute Gasteiger partial charge is 0.270 e. The normalized spacial score (nSPS) is 17.3. The molecule has 22 heavy (non-hydrogen) atoms. The third-order valence-electron chi connectivity index (χ3n) is 4.80. The average Bonchev–Trinajstić information content (AvgIpc) is 2.75. The summed E-state index contributed by atoms with van der Waals surface area (Å²) in [6, 6.07) is 1.76. The molecule has 1 aromatic rings. The lowest BCUT2D eigenvalue weighted by atomic mass is 9.73. The van der Waals surface area contributed by atoms with Gasteiger partial charge in [-0.25, -0.2) is 0 Å². The van der Waals surface area contributed by atoms with Crippen molar-refractivity contribution in [3.05, 3.63) is 23.0 Å². The Morgan fingerprint density at radius 1 is 1.36 bits per heavy atom. The second kappa shape index (κ2) is 6.63. The van der Waals surface area contributed by atoms with Gasteiger partial charge in [-0.15, -0.1) is 0 Å². The topological polar surface area (TPSA) is 28.5 Å². The van der Waals surface area contributed by atoms with E-state index >= 15 is 0 Å². The van der Waals surface area contributed by atoms with Crippen molar-refractivity contribution in [1.29, 1.82) is 0 Å². The molecule has 0 radical (unpaired) electrons. The van der Waals surface area contributed by atoms with Gasteiger partial charge < -0.3 is 14.4 Å². The molecular weight excluding hydrogens is 298 g/mol. The first-order chi connectivity index (χ1) is 10.2. The van der Waals surface area contributed by atoms with Gasteiger partial charge in [0, 0.05) is 32.9 Å². The lowest BCUT2D eigenvalue weighted by Gasteiger charge is -2.42. The van der Waals surface area contributed by atoms with Crippen LogP contribution in [0.5, 0.6) is 0 Å². The van der Waals surface area contributed by atoms with Crippen molar-refractivity contribution in [3.63, 3.8) is 0 Å². The monoisotopic (exact) mass is 325 g/mol. The highest BCUT2D eigenvalue weighted by molar-refractivity contribution is 6.31. The van der Waals surface area contributed by atoms with Crippen LogP contribution in [0.1, 0.15) is 37.2 Å². The number of likely N-dealkylation sites (tertiary alicyclic amines) is 1. The SMILES string of the molecule is CN(C)CC(C)(C)C1CCN(C(=O)c2cc(Cl)cn2C)CC1. The summed E-state index contributed by atoms with van der Waals surface area (Å²) in [4.78, 5) is 16.8. The van der Waals surface area contributed by atoms with Gasteiger partial charge in [0.25, 0.3) is 5.91 Å². The summed E-state index contributed by atoms with van der Waals surface area (Å²) in [5, 5.41) is 0.618. The average molecular weight is 326 g/mol. The standard InChI is InChI=1S/C17H28ClN3O/c1-17(2,12-19(3)4)13-6-8-21(9-7-13)16(22)15-10-14(18)11-20(15)5/h10-11,13H,6-9,12H2,1-5H3. The van der Waals surface area contributed by atoms with Crippen molar-refractivity contribution in [3.8, 4) is 0 Å². The van der Waals surface area contributed by atoms with E-state index in [2.05, 4.69) is 32.8 Å². The predicted molar refractivity (Wildman–Crippen MR) is 91.4 cm³/mol. The molecule has 124 valence electrons. The number of hydrogen-bond acceptors (Lipinski definition) is 2. The molecule has 2 rings (SSSR count). The fourth-order valence-electron chi connectivity index (χ4n) is 3.71. The number of aromatic nitrogens is 1. The number of piperidine rings is 1. The van der Waals surface area contributed by atoms with Gasteiger partial charge in [-0.2, -0.15) is 0 Å². The molecule has 4 nitrogen and oxygen atoms in total. The molecule has 0 unspecified atom stereocenters. The maximum atomic E-state index is 12.6. The van der Waals surface area contributed by atoms with Gasteiger partial charge >= 0.3 is 0 Å². The minimum Gasteiger partial charge on any atom is -0.345 e. The van der Waals surface area contributed by atoms with Gasteiger partial charge in [-0.1, -0.05) is 25.4 Å². The van der Waals surface area contributed by atoms with Crippen LogP contribution in [0.4, 0.5) is 0 Å². The third kappa shape index (κ3) is 3.85. The quantitative estimate of drug-likeness (QED) is 0.851. The van der Waals surface area contributed by atoms with Gasteiger partial charge in [0.15, 0.2) is 0 Å². The molecule has 1 aromatic heterocycles. The van der Waals surface area contributed by atoms with Gasteiger partial charge in [0.1, 0.15) is 5.69 Å². The van der Waals surface area contributed by atoms with Crippen molar-refractivity contribution < 1.29 is 4.79 Å². The number of carbonyl (C=O) groups is 1. The molecule has 1 amide bonds. The minimum atomic E-state index is 0.0956. The van der Waals surface area contributed by atoms with Gasteiger partial charge in [-0.3, -0.25) is 4.79 Å². The summed E-state index contributed by atoms with van der Waals surface area (Å²) in [6.45, 7) is 7.43. The largest absolute Gasteiger partial charge is 0.345 e. The number of hydrogen-bond donors (Lipinski definition) is 0. The molecule has 0 aromatic carbocycles. The van der Waals surface area contributed by atoms with Gasteiger partial charge in [0.05, 0.1) is 5.02 Å². The molecule has 0 N–H and O–H groups in total. The van der Waals surface area contributed by atoms with E-state index in [0.717, 1.165) is 32.5 Å². The zero-order valence-electron chi connectivity index (χ0n) is 14.4. The Bertz CT molecular complexity index is 528. The van der Waals surface area contributed by atoms with Crippen LogP contribution >= 0.6 is 11.6 Å². The van der Waals surface area contributed by atoms with E-state index in [-0.39, 0.29) is 11.3 Å². The molecule has 1 fully saturated rings. The van der Waals surface area contributed by atoms with Crippen LogP contribution in [0.25, 0.3) is 0 Å². The Morgan fingerprint density at radius 2 is 1.95 bits per heavy atom. The number of carbonyl (C=O) groups excluding carboxylic acids is 1. The first kappa shape index (κ1) is 17.4. The summed E-state index contributed by atoms with van der Waals surface area (Å²) in [7, 11) is 6.12. The van der Waals surface area contributed by atoms with Gasteiger partial charge in [0.2, 0.25) is 0 Å². The van der Waals surface area contributed by atoms with E-state index in [1.165, 1.54) is 0 Å². The summed E-state index contributed by atoms with van der Waals surface area (Å²) < 4.78 is 1.81. The second-order valence-electron chi connectivity index (χ2n) is 7.45. The van der Waals surface area contributed by atoms with Gasteiger partial charge in [-0.05, 0) is 44.3 Å². The maximum Gasteiger partial charge on any atom is 0.270 e. The minimum absolute atomic E-state index is 0.0956. The fraction of sp³-hybridized carbons (Fsp3) is 0.706. The fourth-order valence-corrected chi connectivity index (χ4v) is 3.96. The van der Waals surface area contributed by atoms with Crippen LogP contribution in [0, 0.1) is 11.3 Å². The number of amides is 1. The molecule has 5 heteroatoms. The van der Waals surface area contributed by atoms with Crippen LogP contribution in [0.2, 0.25) is 5.02 Å². The highest BCUT2D eigenvalue weighted by atomic mass is 35.5. The summed E-state index contributed by atoms with van der Waals surface area (Å²) in [5.41, 5.74) is 0.961. The van der Waals surface area contributed by atoms with Crippen LogP contribution in [-0.4, -0.2) is 54.0 Å². The Morgan fingerprint density at radius 3 is 2.41 bits per heavy atom. The van der Waals surface area contributed by atoms with Crippen LogP contribution < -0.4 is 0 Å². The van der Waals surface area contributed by atoms with Crippen molar-refractivity contribution >= 4 is 17.5 Å². The molecule has 0 aliphatic carbocycles. The second-order valence-corrected chi connectivity index (χ2v) is 7.88. The van der Waals surface area contributed by atoms with E-state index in [1.54, 1.807) is 12.3 Å². The molecule has 2 heterocycles. The number of aryl methyl sites for hydroxylation is 1. The molecule has 0 saturated carbocycles. The van der Waals surface area contributed by atoms with Crippen molar-refractivity contribution in [2.45, 2.75) is 26.7 Å². The van der Waals surface area contributed by atoms with Crippen molar-refractivity contribution in [2.24, 2.45) is 18.4 Å². The number of halogens is 1. The highest BCUT2D eigenvalue weighted by Crippen LogP contribution is 2.35. The molecule has 1 aliphatic heterocycles. The van der Waals surface area contributed by atoms with Crippen molar-refractivity contribution in [2.75, 3.05) is 33.7 Å². The lowest BCUT2D eigenvalue weighted by molar-refractivity contribution is 0.0527. The van der Waals surface area contributed by atoms with Crippen LogP contribution in [-0.2, 0) is 7.05 Å². The highest BCUT2D eigenvalue weighted by Gasteiger charge is 2.34. The molecule has 1 saturated heterocycles. The Kier molecular flexibility index (Phi) is 5.23. The number of nitrogens with zero attached hydrogens (tertiary/aromatic N) is 3. The zero-order chi connectivity index (χ0) is 16.5.